The van der Waals surface area contributed by atoms with Gasteiger partial charge in [-0.2, -0.15) is 4.90 Å². The van der Waals surface area contributed by atoms with Crippen molar-refractivity contribution < 1.29 is 23.9 Å². The van der Waals surface area contributed by atoms with Crippen LogP contribution < -0.4 is 5.73 Å². The van der Waals surface area contributed by atoms with Crippen LogP contribution >= 0.6 is 0 Å². The van der Waals surface area contributed by atoms with Gasteiger partial charge in [0.05, 0.1) is 0 Å². The summed E-state index contributed by atoms with van der Waals surface area (Å²) in [6.45, 7) is 12.1. The molecule has 0 aliphatic carbocycles. The van der Waals surface area contributed by atoms with Crippen molar-refractivity contribution in [2.75, 3.05) is 12.3 Å². The highest BCUT2D eigenvalue weighted by molar-refractivity contribution is 6.15. The highest BCUT2D eigenvalue weighted by atomic mass is 16.6. The second kappa shape index (κ2) is 8.75. The minimum absolute atomic E-state index is 0.0552. The van der Waals surface area contributed by atoms with Crippen molar-refractivity contribution in [3.05, 3.63) is 29.8 Å². The van der Waals surface area contributed by atoms with Gasteiger partial charge in [-0.1, -0.05) is 5.16 Å². The lowest BCUT2D eigenvalue weighted by molar-refractivity contribution is 0.0138. The van der Waals surface area contributed by atoms with E-state index in [1.165, 1.54) is 0 Å². The summed E-state index contributed by atoms with van der Waals surface area (Å²) in [4.78, 5) is 31.4. The molecule has 0 fully saturated rings. The maximum Gasteiger partial charge on any atom is 0.425 e. The Morgan fingerprint density at radius 2 is 1.41 bits per heavy atom. The number of nitrogens with zero attached hydrogens (tertiary/aromatic N) is 2. The molecule has 0 spiro atoms. The van der Waals surface area contributed by atoms with Crippen molar-refractivity contribution in [1.29, 1.82) is 0 Å². The van der Waals surface area contributed by atoms with Crippen LogP contribution in [0.4, 0.5) is 15.3 Å². The molecule has 2 amide bonds. The molecule has 0 atom stereocenters. The topological polar surface area (TPSA) is 103 Å². The van der Waals surface area contributed by atoms with Gasteiger partial charge in [-0.3, -0.25) is 0 Å². The third-order valence-electron chi connectivity index (χ3n) is 2.81. The Kier molecular flexibility index (Phi) is 7.21. The zero-order chi connectivity index (χ0) is 20.8. The van der Waals surface area contributed by atoms with Crippen molar-refractivity contribution in [3.8, 4) is 0 Å². The van der Waals surface area contributed by atoms with E-state index in [0.29, 0.717) is 11.3 Å². The summed E-state index contributed by atoms with van der Waals surface area (Å²) in [5, 5.41) is 3.94. The fraction of sp³-hybridized carbons (Fsp3) is 0.526. The molecule has 0 radical (unpaired) electrons. The minimum Gasteiger partial charge on any atom is -0.443 e. The molecule has 0 aliphatic rings. The van der Waals surface area contributed by atoms with Crippen LogP contribution in [0.25, 0.3) is 0 Å². The number of imide groups is 1. The first-order chi connectivity index (χ1) is 12.3. The van der Waals surface area contributed by atoms with Crippen molar-refractivity contribution in [3.63, 3.8) is 0 Å². The summed E-state index contributed by atoms with van der Waals surface area (Å²) in [7, 11) is 0. The lowest BCUT2D eigenvalue weighted by atomic mass is 10.1. The van der Waals surface area contributed by atoms with Gasteiger partial charge in [-0.05, 0) is 72.7 Å². The fourth-order valence-electron chi connectivity index (χ4n) is 1.84. The lowest BCUT2D eigenvalue weighted by Crippen LogP contribution is -2.47. The summed E-state index contributed by atoms with van der Waals surface area (Å²) >= 11 is 0. The van der Waals surface area contributed by atoms with E-state index in [2.05, 4.69) is 5.16 Å². The SMILES string of the molecule is CCO/N=C(\c1ccc(N)cc1)N(C(=O)OC(C)(C)C)C(=O)OC(C)(C)C. The number of ether oxygens (including phenoxy) is 2. The molecule has 0 saturated carbocycles. The van der Waals surface area contributed by atoms with Crippen molar-refractivity contribution in [2.24, 2.45) is 5.16 Å². The number of hydrogen-bond acceptors (Lipinski definition) is 7. The lowest BCUT2D eigenvalue weighted by Gasteiger charge is -2.28. The normalized spacial score (nSPS) is 12.3. The second-order valence-corrected chi connectivity index (χ2v) is 7.75. The fourth-order valence-corrected chi connectivity index (χ4v) is 1.84. The smallest absolute Gasteiger partial charge is 0.425 e. The molecule has 150 valence electrons. The molecular formula is C19H29N3O5. The number of amidine groups is 1. The van der Waals surface area contributed by atoms with Crippen molar-refractivity contribution >= 4 is 23.7 Å². The first kappa shape index (κ1) is 22.3. The number of carbonyl (C=O) groups is 2. The number of benzene rings is 1. The summed E-state index contributed by atoms with van der Waals surface area (Å²) < 4.78 is 10.7. The van der Waals surface area contributed by atoms with E-state index in [4.69, 9.17) is 20.0 Å². The van der Waals surface area contributed by atoms with Gasteiger partial charge in [0.15, 0.2) is 5.84 Å². The average molecular weight is 379 g/mol. The predicted octanol–water partition coefficient (Wildman–Crippen LogP) is 4.14. The molecule has 2 N–H and O–H groups in total. The van der Waals surface area contributed by atoms with Crippen molar-refractivity contribution in [2.45, 2.75) is 59.7 Å². The Bertz CT molecular complexity index is 657. The maximum atomic E-state index is 12.8. The zero-order valence-electron chi connectivity index (χ0n) is 17.0. The van der Waals surface area contributed by atoms with E-state index in [1.807, 2.05) is 0 Å². The molecule has 27 heavy (non-hydrogen) atoms. The van der Waals surface area contributed by atoms with E-state index >= 15 is 0 Å². The Morgan fingerprint density at radius 3 is 1.78 bits per heavy atom. The molecule has 0 bridgehead atoms. The van der Waals surface area contributed by atoms with E-state index in [0.717, 1.165) is 4.90 Å². The molecule has 1 aromatic carbocycles. The molecule has 8 heteroatoms. The highest BCUT2D eigenvalue weighted by Gasteiger charge is 2.36. The molecule has 1 rings (SSSR count). The van der Waals surface area contributed by atoms with Gasteiger partial charge >= 0.3 is 12.2 Å². The summed E-state index contributed by atoms with van der Waals surface area (Å²) in [6, 6.07) is 6.49. The van der Waals surface area contributed by atoms with Crippen molar-refractivity contribution in [1.82, 2.24) is 4.90 Å². The highest BCUT2D eigenvalue weighted by Crippen LogP contribution is 2.18. The molecule has 0 heterocycles. The average Bonchev–Trinajstić information content (AvgIpc) is 2.48. The number of hydrogen-bond donors (Lipinski definition) is 1. The van der Waals surface area contributed by atoms with Crippen LogP contribution in [0.1, 0.15) is 54.0 Å². The Morgan fingerprint density at radius 1 is 0.963 bits per heavy atom. The number of carbonyl (C=O) groups excluding carboxylic acids is 2. The van der Waals surface area contributed by atoms with Crippen LogP contribution in [-0.4, -0.2) is 40.7 Å². The largest absolute Gasteiger partial charge is 0.443 e. The number of nitrogens with two attached hydrogens (primary N) is 1. The van der Waals surface area contributed by atoms with E-state index in [9.17, 15) is 9.59 Å². The van der Waals surface area contributed by atoms with Gasteiger partial charge in [0.25, 0.3) is 0 Å². The number of anilines is 1. The second-order valence-electron chi connectivity index (χ2n) is 7.75. The number of oxime groups is 1. The van der Waals surface area contributed by atoms with Gasteiger partial charge in [0.1, 0.15) is 17.8 Å². The molecule has 0 aliphatic heterocycles. The summed E-state index contributed by atoms with van der Waals surface area (Å²) in [6.07, 6.45) is -1.85. The number of amides is 2. The number of nitrogen functional groups attached to an aromatic ring is 1. The van der Waals surface area contributed by atoms with E-state index in [-0.39, 0.29) is 12.4 Å². The quantitative estimate of drug-likeness (QED) is 0.366. The molecule has 1 aromatic rings. The van der Waals surface area contributed by atoms with Gasteiger partial charge in [-0.15, -0.1) is 0 Å². The Hall–Kier alpha value is -2.77. The standard InChI is InChI=1S/C19H29N3O5/c1-8-25-21-15(13-9-11-14(20)12-10-13)22(16(23)26-18(2,3)4)17(24)27-19(5,6)7/h9-12H,8,20H2,1-7H3/b21-15+. The summed E-state index contributed by atoms with van der Waals surface area (Å²) in [5.74, 6) is -0.0552. The van der Waals surface area contributed by atoms with Gasteiger partial charge in [0, 0.05) is 11.3 Å². The molecular weight excluding hydrogens is 350 g/mol. The predicted molar refractivity (Wildman–Crippen MR) is 103 cm³/mol. The monoisotopic (exact) mass is 379 g/mol. The van der Waals surface area contributed by atoms with Crippen LogP contribution in [0.2, 0.25) is 0 Å². The molecule has 0 aromatic heterocycles. The van der Waals surface area contributed by atoms with E-state index in [1.54, 1.807) is 72.7 Å². The number of rotatable bonds is 3. The van der Waals surface area contributed by atoms with Gasteiger partial charge in [0.2, 0.25) is 0 Å². The molecule has 0 saturated heterocycles. The Balaban J connectivity index is 3.42. The van der Waals surface area contributed by atoms with Crippen LogP contribution in [0, 0.1) is 0 Å². The third-order valence-corrected chi connectivity index (χ3v) is 2.81. The Labute approximate surface area is 160 Å². The zero-order valence-corrected chi connectivity index (χ0v) is 17.0. The summed E-state index contributed by atoms with van der Waals surface area (Å²) in [5.41, 5.74) is 5.04. The third kappa shape index (κ3) is 7.55. The van der Waals surface area contributed by atoms with Crippen LogP contribution in [-0.2, 0) is 14.3 Å². The van der Waals surface area contributed by atoms with Crippen LogP contribution in [0.3, 0.4) is 0 Å². The molecule has 8 nitrogen and oxygen atoms in total. The minimum atomic E-state index is -0.924. The van der Waals surface area contributed by atoms with Crippen LogP contribution in [0.15, 0.2) is 29.4 Å². The van der Waals surface area contributed by atoms with Crippen LogP contribution in [0.5, 0.6) is 0 Å². The maximum absolute atomic E-state index is 12.8. The van der Waals surface area contributed by atoms with Gasteiger partial charge in [-0.25, -0.2) is 9.59 Å². The van der Waals surface area contributed by atoms with Gasteiger partial charge < -0.3 is 20.0 Å². The molecule has 0 unspecified atom stereocenters. The first-order valence-corrected chi connectivity index (χ1v) is 8.66. The first-order valence-electron chi connectivity index (χ1n) is 8.66. The van der Waals surface area contributed by atoms with E-state index < -0.39 is 23.4 Å².